The van der Waals surface area contributed by atoms with Crippen molar-refractivity contribution >= 4 is 11.7 Å². The summed E-state index contributed by atoms with van der Waals surface area (Å²) in [5.74, 6) is 0.699. The molecule has 21 heavy (non-hydrogen) atoms. The Morgan fingerprint density at radius 3 is 2.86 bits per heavy atom. The first-order valence-electron chi connectivity index (χ1n) is 7.52. The van der Waals surface area contributed by atoms with Gasteiger partial charge in [-0.05, 0) is 24.8 Å². The Morgan fingerprint density at radius 1 is 1.52 bits per heavy atom. The number of furan rings is 1. The molecule has 0 aliphatic heterocycles. The van der Waals surface area contributed by atoms with Crippen LogP contribution in [0.2, 0.25) is 0 Å². The highest BCUT2D eigenvalue weighted by Crippen LogP contribution is 2.27. The number of hydrogen-bond acceptors (Lipinski definition) is 4. The maximum atomic E-state index is 12.4. The number of aryl methyl sites for hydroxylation is 1. The number of amidine groups is 1. The molecular weight excluding hydrogens is 270 g/mol. The van der Waals surface area contributed by atoms with Gasteiger partial charge < -0.3 is 20.7 Å². The molecule has 1 amide bonds. The molecule has 1 aromatic rings. The third-order valence-electron chi connectivity index (χ3n) is 4.15. The van der Waals surface area contributed by atoms with Gasteiger partial charge in [0, 0.05) is 6.42 Å². The maximum absolute atomic E-state index is 12.4. The molecule has 1 aromatic heterocycles. The van der Waals surface area contributed by atoms with Crippen molar-refractivity contribution in [3.8, 4) is 0 Å². The minimum absolute atomic E-state index is 0.0665. The Kier molecular flexibility index (Phi) is 5.25. The second-order valence-corrected chi connectivity index (χ2v) is 5.49. The van der Waals surface area contributed by atoms with Crippen molar-refractivity contribution in [2.24, 2.45) is 16.8 Å². The van der Waals surface area contributed by atoms with E-state index in [0.717, 1.165) is 25.7 Å². The molecule has 1 fully saturated rings. The SMILES string of the molecule is CCc1occc1C(=O)NC(/C(N)=N/O)C1CCCCC1. The van der Waals surface area contributed by atoms with Gasteiger partial charge in [-0.1, -0.05) is 31.3 Å². The summed E-state index contributed by atoms with van der Waals surface area (Å²) in [7, 11) is 0. The fourth-order valence-corrected chi connectivity index (χ4v) is 3.00. The van der Waals surface area contributed by atoms with E-state index in [0.29, 0.717) is 17.7 Å². The van der Waals surface area contributed by atoms with E-state index in [1.165, 1.54) is 12.7 Å². The minimum atomic E-state index is -0.428. The molecule has 1 atom stereocenters. The van der Waals surface area contributed by atoms with Crippen molar-refractivity contribution in [1.82, 2.24) is 5.32 Å². The number of carbonyl (C=O) groups excluding carboxylic acids is 1. The van der Waals surface area contributed by atoms with Crippen LogP contribution in [0.25, 0.3) is 0 Å². The van der Waals surface area contributed by atoms with Gasteiger partial charge in [0.15, 0.2) is 5.84 Å². The van der Waals surface area contributed by atoms with Crippen LogP contribution in [0.5, 0.6) is 0 Å². The summed E-state index contributed by atoms with van der Waals surface area (Å²) >= 11 is 0. The van der Waals surface area contributed by atoms with Crippen molar-refractivity contribution in [2.45, 2.75) is 51.5 Å². The zero-order valence-electron chi connectivity index (χ0n) is 12.3. The summed E-state index contributed by atoms with van der Waals surface area (Å²) in [6.07, 6.45) is 7.54. The average Bonchev–Trinajstić information content (AvgIpc) is 3.01. The predicted molar refractivity (Wildman–Crippen MR) is 79.3 cm³/mol. The Morgan fingerprint density at radius 2 is 2.24 bits per heavy atom. The smallest absolute Gasteiger partial charge is 0.255 e. The van der Waals surface area contributed by atoms with Crippen molar-refractivity contribution in [3.63, 3.8) is 0 Å². The first-order valence-corrected chi connectivity index (χ1v) is 7.52. The number of nitrogens with zero attached hydrogens (tertiary/aromatic N) is 1. The Bertz CT molecular complexity index is 504. The van der Waals surface area contributed by atoms with E-state index < -0.39 is 6.04 Å². The molecule has 6 heteroatoms. The second kappa shape index (κ2) is 7.15. The lowest BCUT2D eigenvalue weighted by atomic mass is 9.83. The van der Waals surface area contributed by atoms with Crippen LogP contribution < -0.4 is 11.1 Å². The summed E-state index contributed by atoms with van der Waals surface area (Å²) in [6.45, 7) is 1.93. The van der Waals surface area contributed by atoms with Crippen LogP contribution >= 0.6 is 0 Å². The van der Waals surface area contributed by atoms with Gasteiger partial charge in [0.2, 0.25) is 0 Å². The number of oxime groups is 1. The number of nitrogens with two attached hydrogens (primary N) is 1. The molecule has 1 heterocycles. The van der Waals surface area contributed by atoms with Gasteiger partial charge in [-0.15, -0.1) is 0 Å². The highest BCUT2D eigenvalue weighted by molar-refractivity contribution is 5.99. The van der Waals surface area contributed by atoms with Crippen molar-refractivity contribution in [3.05, 3.63) is 23.7 Å². The molecule has 0 bridgehead atoms. The van der Waals surface area contributed by atoms with E-state index >= 15 is 0 Å². The van der Waals surface area contributed by atoms with Crippen LogP contribution in [0, 0.1) is 5.92 Å². The molecule has 6 nitrogen and oxygen atoms in total. The van der Waals surface area contributed by atoms with Gasteiger partial charge in [-0.2, -0.15) is 0 Å². The van der Waals surface area contributed by atoms with Gasteiger partial charge in [0.25, 0.3) is 5.91 Å². The first kappa shape index (κ1) is 15.4. The lowest BCUT2D eigenvalue weighted by Crippen LogP contribution is -2.49. The monoisotopic (exact) mass is 293 g/mol. The fourth-order valence-electron chi connectivity index (χ4n) is 3.00. The summed E-state index contributed by atoms with van der Waals surface area (Å²) in [5, 5.41) is 15.0. The lowest BCUT2D eigenvalue weighted by Gasteiger charge is -2.29. The van der Waals surface area contributed by atoms with Gasteiger partial charge in [0.1, 0.15) is 5.76 Å². The van der Waals surface area contributed by atoms with E-state index in [1.54, 1.807) is 6.07 Å². The number of amides is 1. The van der Waals surface area contributed by atoms with Crippen LogP contribution in [-0.2, 0) is 6.42 Å². The normalized spacial score (nSPS) is 18.4. The minimum Gasteiger partial charge on any atom is -0.469 e. The van der Waals surface area contributed by atoms with Crippen LogP contribution in [0.4, 0.5) is 0 Å². The maximum Gasteiger partial charge on any atom is 0.255 e. The zero-order valence-corrected chi connectivity index (χ0v) is 12.3. The van der Waals surface area contributed by atoms with Crippen LogP contribution in [-0.4, -0.2) is 23.0 Å². The summed E-state index contributed by atoms with van der Waals surface area (Å²) < 4.78 is 5.28. The van der Waals surface area contributed by atoms with E-state index in [1.807, 2.05) is 6.92 Å². The van der Waals surface area contributed by atoms with E-state index in [4.69, 9.17) is 15.4 Å². The predicted octanol–water partition coefficient (Wildman–Crippen LogP) is 2.27. The third-order valence-corrected chi connectivity index (χ3v) is 4.15. The molecule has 0 spiro atoms. The van der Waals surface area contributed by atoms with Crippen molar-refractivity contribution < 1.29 is 14.4 Å². The standard InChI is InChI=1S/C15H23N3O3/c1-2-12-11(8-9-21-12)15(19)17-13(14(16)18-20)10-6-4-3-5-7-10/h8-10,13,20H,2-7H2,1H3,(H2,16,18)(H,17,19). The van der Waals surface area contributed by atoms with E-state index in [2.05, 4.69) is 10.5 Å². The molecule has 0 saturated heterocycles. The number of carbonyl (C=O) groups is 1. The summed E-state index contributed by atoms with van der Waals surface area (Å²) in [5.41, 5.74) is 6.30. The molecule has 1 saturated carbocycles. The van der Waals surface area contributed by atoms with E-state index in [9.17, 15) is 4.79 Å². The Labute approximate surface area is 124 Å². The molecule has 1 aliphatic rings. The molecule has 116 valence electrons. The zero-order chi connectivity index (χ0) is 15.2. The number of hydrogen-bond donors (Lipinski definition) is 3. The van der Waals surface area contributed by atoms with Crippen molar-refractivity contribution in [2.75, 3.05) is 0 Å². The topological polar surface area (TPSA) is 101 Å². The molecule has 1 aliphatic carbocycles. The highest BCUT2D eigenvalue weighted by atomic mass is 16.4. The van der Waals surface area contributed by atoms with Crippen LogP contribution in [0.3, 0.4) is 0 Å². The molecule has 0 radical (unpaired) electrons. The van der Waals surface area contributed by atoms with Crippen molar-refractivity contribution in [1.29, 1.82) is 0 Å². The highest BCUT2D eigenvalue weighted by Gasteiger charge is 2.29. The van der Waals surface area contributed by atoms with Gasteiger partial charge in [-0.25, -0.2) is 0 Å². The van der Waals surface area contributed by atoms with Crippen LogP contribution in [0.15, 0.2) is 21.9 Å². The molecule has 0 aromatic carbocycles. The van der Waals surface area contributed by atoms with Crippen LogP contribution in [0.1, 0.15) is 55.1 Å². The average molecular weight is 293 g/mol. The Hall–Kier alpha value is -1.98. The van der Waals surface area contributed by atoms with Gasteiger partial charge in [-0.3, -0.25) is 4.79 Å². The second-order valence-electron chi connectivity index (χ2n) is 5.49. The number of nitrogens with one attached hydrogen (secondary N) is 1. The summed E-state index contributed by atoms with van der Waals surface area (Å²) in [6, 6.07) is 1.22. The largest absolute Gasteiger partial charge is 0.469 e. The molecular formula is C15H23N3O3. The van der Waals surface area contributed by atoms with Gasteiger partial charge in [0.05, 0.1) is 17.9 Å². The first-order chi connectivity index (χ1) is 10.2. The third kappa shape index (κ3) is 3.56. The lowest BCUT2D eigenvalue weighted by molar-refractivity contribution is 0.0928. The molecule has 2 rings (SSSR count). The molecule has 1 unspecified atom stereocenters. The van der Waals surface area contributed by atoms with Gasteiger partial charge >= 0.3 is 0 Å². The Balaban J connectivity index is 2.13. The number of rotatable bonds is 5. The quantitative estimate of drug-likeness (QED) is 0.335. The fraction of sp³-hybridized carbons (Fsp3) is 0.600. The van der Waals surface area contributed by atoms with E-state index in [-0.39, 0.29) is 17.7 Å². The summed E-state index contributed by atoms with van der Waals surface area (Å²) in [4.78, 5) is 12.4. The molecule has 4 N–H and O–H groups in total.